The molecule has 0 aliphatic rings. The van der Waals surface area contributed by atoms with Gasteiger partial charge in [-0.15, -0.1) is 0 Å². The smallest absolute Gasteiger partial charge is 0.198 e. The SMILES string of the molecule is CCc1ccc(NSc2c(F)c(F)c(F)c(F)c2CCc2ccccc2)cc1F. The van der Waals surface area contributed by atoms with Gasteiger partial charge in [0.1, 0.15) is 5.82 Å². The van der Waals surface area contributed by atoms with Crippen LogP contribution in [-0.4, -0.2) is 0 Å². The largest absolute Gasteiger partial charge is 0.325 e. The molecule has 0 saturated heterocycles. The molecule has 3 rings (SSSR count). The van der Waals surface area contributed by atoms with E-state index < -0.39 is 34.0 Å². The molecule has 0 radical (unpaired) electrons. The Morgan fingerprint density at radius 2 is 1.48 bits per heavy atom. The van der Waals surface area contributed by atoms with Crippen molar-refractivity contribution in [1.29, 1.82) is 0 Å². The van der Waals surface area contributed by atoms with Crippen molar-refractivity contribution >= 4 is 17.6 Å². The maximum atomic E-state index is 14.4. The summed E-state index contributed by atoms with van der Waals surface area (Å²) in [6, 6.07) is 13.4. The Morgan fingerprint density at radius 3 is 2.14 bits per heavy atom. The van der Waals surface area contributed by atoms with E-state index in [1.165, 1.54) is 6.07 Å². The number of nitrogens with one attached hydrogen (secondary N) is 1. The molecule has 1 nitrogen and oxygen atoms in total. The molecular formula is C22H18F5NS. The molecule has 0 fully saturated rings. The van der Waals surface area contributed by atoms with Crippen LogP contribution in [0.3, 0.4) is 0 Å². The number of anilines is 1. The molecule has 0 amide bonds. The zero-order valence-corrected chi connectivity index (χ0v) is 16.4. The molecule has 0 unspecified atom stereocenters. The fourth-order valence-corrected chi connectivity index (χ4v) is 3.75. The number of rotatable bonds is 7. The van der Waals surface area contributed by atoms with Crippen LogP contribution in [0, 0.1) is 29.1 Å². The molecule has 0 heterocycles. The van der Waals surface area contributed by atoms with Crippen molar-refractivity contribution in [1.82, 2.24) is 0 Å². The van der Waals surface area contributed by atoms with Crippen molar-refractivity contribution in [3.63, 3.8) is 0 Å². The molecule has 0 saturated carbocycles. The van der Waals surface area contributed by atoms with Crippen molar-refractivity contribution in [2.75, 3.05) is 4.72 Å². The molecular weight excluding hydrogens is 405 g/mol. The minimum Gasteiger partial charge on any atom is -0.325 e. The van der Waals surface area contributed by atoms with Gasteiger partial charge in [-0.05, 0) is 54.5 Å². The molecule has 0 bridgehead atoms. The average molecular weight is 423 g/mol. The fourth-order valence-electron chi connectivity index (χ4n) is 2.91. The highest BCUT2D eigenvalue weighted by molar-refractivity contribution is 8.00. The van der Waals surface area contributed by atoms with E-state index in [0.717, 1.165) is 5.56 Å². The van der Waals surface area contributed by atoms with E-state index in [1.807, 2.05) is 6.07 Å². The molecule has 0 aliphatic heterocycles. The van der Waals surface area contributed by atoms with Crippen molar-refractivity contribution in [2.45, 2.75) is 31.1 Å². The van der Waals surface area contributed by atoms with Crippen molar-refractivity contribution in [3.05, 3.63) is 94.3 Å². The summed E-state index contributed by atoms with van der Waals surface area (Å²) in [5.74, 6) is -7.05. The topological polar surface area (TPSA) is 12.0 Å². The normalized spacial score (nSPS) is 11.0. The quantitative estimate of drug-likeness (QED) is 0.193. The van der Waals surface area contributed by atoms with E-state index in [2.05, 4.69) is 4.72 Å². The lowest BCUT2D eigenvalue weighted by Gasteiger charge is -2.14. The number of halogens is 5. The number of hydrogen-bond acceptors (Lipinski definition) is 2. The van der Waals surface area contributed by atoms with Crippen LogP contribution in [0.1, 0.15) is 23.6 Å². The maximum Gasteiger partial charge on any atom is 0.198 e. The van der Waals surface area contributed by atoms with Crippen LogP contribution in [0.2, 0.25) is 0 Å². The van der Waals surface area contributed by atoms with Crippen molar-refractivity contribution in [2.24, 2.45) is 0 Å². The number of benzene rings is 3. The molecule has 0 atom stereocenters. The van der Waals surface area contributed by atoms with Gasteiger partial charge in [0.2, 0.25) is 0 Å². The Kier molecular flexibility index (Phi) is 6.79. The fraction of sp³-hybridized carbons (Fsp3) is 0.182. The van der Waals surface area contributed by atoms with Crippen LogP contribution in [0.4, 0.5) is 27.6 Å². The average Bonchev–Trinajstić information content (AvgIpc) is 2.74. The van der Waals surface area contributed by atoms with Crippen LogP contribution in [0.25, 0.3) is 0 Å². The third kappa shape index (κ3) is 4.72. The second-order valence-electron chi connectivity index (χ2n) is 6.41. The standard InChI is InChI=1S/C22H18F5NS/c1-2-14-9-10-15(12-17(14)23)28-29-22-16(11-8-13-6-4-3-5-7-13)18(24)19(25)20(26)21(22)27/h3-7,9-10,12,28H,2,8,11H2,1H3. The van der Waals surface area contributed by atoms with E-state index in [4.69, 9.17) is 0 Å². The van der Waals surface area contributed by atoms with Gasteiger partial charge in [0.05, 0.1) is 4.90 Å². The van der Waals surface area contributed by atoms with Gasteiger partial charge in [-0.25, -0.2) is 22.0 Å². The van der Waals surface area contributed by atoms with Gasteiger partial charge in [0, 0.05) is 11.3 Å². The molecule has 0 aliphatic carbocycles. The van der Waals surface area contributed by atoms with E-state index in [9.17, 15) is 22.0 Å². The highest BCUT2D eigenvalue weighted by Gasteiger charge is 2.25. The molecule has 152 valence electrons. The van der Waals surface area contributed by atoms with Crippen LogP contribution >= 0.6 is 11.9 Å². The third-order valence-electron chi connectivity index (χ3n) is 4.53. The maximum absolute atomic E-state index is 14.4. The van der Waals surface area contributed by atoms with Gasteiger partial charge in [-0.3, -0.25) is 0 Å². The van der Waals surface area contributed by atoms with E-state index in [0.29, 0.717) is 36.0 Å². The zero-order valence-electron chi connectivity index (χ0n) is 15.5. The van der Waals surface area contributed by atoms with Gasteiger partial charge in [-0.1, -0.05) is 43.3 Å². The molecule has 3 aromatic carbocycles. The Morgan fingerprint density at radius 1 is 0.793 bits per heavy atom. The second-order valence-corrected chi connectivity index (χ2v) is 7.23. The summed E-state index contributed by atoms with van der Waals surface area (Å²) < 4.78 is 73.0. The Labute approximate surface area is 170 Å². The van der Waals surface area contributed by atoms with Crippen LogP contribution in [0.5, 0.6) is 0 Å². The lowest BCUT2D eigenvalue weighted by Crippen LogP contribution is -2.08. The van der Waals surface area contributed by atoms with Gasteiger partial charge < -0.3 is 4.72 Å². The molecule has 0 aromatic heterocycles. The first-order valence-corrected chi connectivity index (χ1v) is 9.84. The summed E-state index contributed by atoms with van der Waals surface area (Å²) in [6.45, 7) is 1.80. The molecule has 0 spiro atoms. The molecule has 29 heavy (non-hydrogen) atoms. The summed E-state index contributed by atoms with van der Waals surface area (Å²) in [7, 11) is 0. The highest BCUT2D eigenvalue weighted by atomic mass is 32.2. The predicted molar refractivity (Wildman–Crippen MR) is 105 cm³/mol. The Balaban J connectivity index is 1.88. The first-order chi connectivity index (χ1) is 13.9. The Hall–Kier alpha value is -2.54. The van der Waals surface area contributed by atoms with Crippen LogP contribution < -0.4 is 4.72 Å². The van der Waals surface area contributed by atoms with E-state index in [1.54, 1.807) is 43.3 Å². The van der Waals surface area contributed by atoms with Crippen molar-refractivity contribution in [3.8, 4) is 0 Å². The van der Waals surface area contributed by atoms with Crippen molar-refractivity contribution < 1.29 is 22.0 Å². The molecule has 3 aromatic rings. The summed E-state index contributed by atoms with van der Waals surface area (Å²) in [5, 5.41) is 0. The van der Waals surface area contributed by atoms with Crippen LogP contribution in [-0.2, 0) is 19.3 Å². The van der Waals surface area contributed by atoms with Gasteiger partial charge in [0.25, 0.3) is 0 Å². The summed E-state index contributed by atoms with van der Waals surface area (Å²) in [4.78, 5) is -0.391. The highest BCUT2D eigenvalue weighted by Crippen LogP contribution is 2.34. The summed E-state index contributed by atoms with van der Waals surface area (Å²) >= 11 is 0.583. The number of hydrogen-bond donors (Lipinski definition) is 1. The first-order valence-electron chi connectivity index (χ1n) is 9.02. The zero-order chi connectivity index (χ0) is 21.0. The summed E-state index contributed by atoms with van der Waals surface area (Å²) in [5.41, 5.74) is 1.38. The first kappa shape index (κ1) is 21.2. The van der Waals surface area contributed by atoms with Crippen LogP contribution in [0.15, 0.2) is 53.4 Å². The lowest BCUT2D eigenvalue weighted by molar-refractivity contribution is 0.392. The number of aryl methyl sites for hydroxylation is 2. The lowest BCUT2D eigenvalue weighted by atomic mass is 10.0. The summed E-state index contributed by atoms with van der Waals surface area (Å²) in [6.07, 6.45) is 0.790. The van der Waals surface area contributed by atoms with E-state index in [-0.39, 0.29) is 12.0 Å². The van der Waals surface area contributed by atoms with Gasteiger partial charge in [0.15, 0.2) is 23.3 Å². The monoisotopic (exact) mass is 423 g/mol. The van der Waals surface area contributed by atoms with Gasteiger partial charge in [-0.2, -0.15) is 0 Å². The molecule has 7 heteroatoms. The van der Waals surface area contributed by atoms with E-state index >= 15 is 0 Å². The van der Waals surface area contributed by atoms with Gasteiger partial charge >= 0.3 is 0 Å². The molecule has 1 N–H and O–H groups in total. The second kappa shape index (κ2) is 9.31. The minimum absolute atomic E-state index is 0.0306. The predicted octanol–water partition coefficient (Wildman–Crippen LogP) is 6.85. The Bertz CT molecular complexity index is 1010. The third-order valence-corrected chi connectivity index (χ3v) is 5.50. The minimum atomic E-state index is -1.87.